The largest absolute Gasteiger partial charge is 0.343 e. The molecule has 0 spiro atoms. The lowest BCUT2D eigenvalue weighted by atomic mass is 10.3. The number of rotatable bonds is 6. The summed E-state index contributed by atoms with van der Waals surface area (Å²) in [4.78, 5) is 30.0. The number of nitrogens with zero attached hydrogens (tertiary/aromatic N) is 2. The topological polar surface area (TPSA) is 74.3 Å². The van der Waals surface area contributed by atoms with E-state index in [0.717, 1.165) is 0 Å². The summed E-state index contributed by atoms with van der Waals surface area (Å²) >= 11 is 7.08. The molecular weight excluding hydrogens is 348 g/mol. The van der Waals surface area contributed by atoms with Gasteiger partial charge in [0.15, 0.2) is 5.13 Å². The minimum atomic E-state index is -0.395. The van der Waals surface area contributed by atoms with Gasteiger partial charge in [0.2, 0.25) is 5.91 Å². The second kappa shape index (κ2) is 8.65. The fourth-order valence-corrected chi connectivity index (χ4v) is 2.91. The number of nitrogens with one attached hydrogen (secondary N) is 2. The quantitative estimate of drug-likeness (QED) is 0.815. The third-order valence-corrected chi connectivity index (χ3v) is 4.38. The average Bonchev–Trinajstić information content (AvgIpc) is 2.97. The number of urea groups is 1. The van der Waals surface area contributed by atoms with Crippen molar-refractivity contribution >= 4 is 45.7 Å². The highest BCUT2D eigenvalue weighted by Crippen LogP contribution is 2.18. The standard InChI is InChI=1S/C16H19ClN4O2S/c1-3-21(4-2)14(22)9-13-10-24-16(19-13)20-15(23)18-12-7-5-11(17)6-8-12/h5-8,10H,3-4,9H2,1-2H3,(H2,18,19,20,23). The summed E-state index contributed by atoms with van der Waals surface area (Å²) in [6, 6.07) is 6.40. The molecule has 0 radical (unpaired) electrons. The van der Waals surface area contributed by atoms with Gasteiger partial charge < -0.3 is 10.2 Å². The summed E-state index contributed by atoms with van der Waals surface area (Å²) in [6.45, 7) is 5.23. The van der Waals surface area contributed by atoms with Crippen LogP contribution in [0.5, 0.6) is 0 Å². The van der Waals surface area contributed by atoms with E-state index in [4.69, 9.17) is 11.6 Å². The van der Waals surface area contributed by atoms with Crippen LogP contribution < -0.4 is 10.6 Å². The molecule has 0 aliphatic heterocycles. The fraction of sp³-hybridized carbons (Fsp3) is 0.312. The Balaban J connectivity index is 1.89. The lowest BCUT2D eigenvalue weighted by Crippen LogP contribution is -2.31. The molecule has 8 heteroatoms. The fourth-order valence-electron chi connectivity index (χ4n) is 2.08. The molecule has 2 N–H and O–H groups in total. The van der Waals surface area contributed by atoms with Crippen LogP contribution in [0.4, 0.5) is 15.6 Å². The SMILES string of the molecule is CCN(CC)C(=O)Cc1csc(NC(=O)Nc2ccc(Cl)cc2)n1. The van der Waals surface area contributed by atoms with Gasteiger partial charge in [0.25, 0.3) is 0 Å². The molecule has 1 aromatic heterocycles. The van der Waals surface area contributed by atoms with Crippen molar-refractivity contribution in [2.45, 2.75) is 20.3 Å². The van der Waals surface area contributed by atoms with Gasteiger partial charge in [-0.25, -0.2) is 9.78 Å². The number of amides is 3. The van der Waals surface area contributed by atoms with Gasteiger partial charge in [0.05, 0.1) is 12.1 Å². The molecule has 0 fully saturated rings. The van der Waals surface area contributed by atoms with Gasteiger partial charge in [-0.1, -0.05) is 11.6 Å². The van der Waals surface area contributed by atoms with Crippen molar-refractivity contribution in [3.63, 3.8) is 0 Å². The Morgan fingerprint density at radius 2 is 1.83 bits per heavy atom. The first-order valence-electron chi connectivity index (χ1n) is 7.57. The number of benzene rings is 1. The Hall–Kier alpha value is -2.12. The number of halogens is 1. The normalized spacial score (nSPS) is 10.3. The molecule has 0 atom stereocenters. The Kier molecular flexibility index (Phi) is 6.57. The van der Waals surface area contributed by atoms with Crippen molar-refractivity contribution in [1.29, 1.82) is 0 Å². The van der Waals surface area contributed by atoms with Gasteiger partial charge in [-0.2, -0.15) is 0 Å². The molecule has 0 aliphatic carbocycles. The van der Waals surface area contributed by atoms with Crippen LogP contribution in [0.2, 0.25) is 5.02 Å². The number of hydrogen-bond acceptors (Lipinski definition) is 4. The van der Waals surface area contributed by atoms with Gasteiger partial charge in [0, 0.05) is 29.2 Å². The highest BCUT2D eigenvalue weighted by molar-refractivity contribution is 7.14. The highest BCUT2D eigenvalue weighted by atomic mass is 35.5. The van der Waals surface area contributed by atoms with Crippen LogP contribution >= 0.6 is 22.9 Å². The Labute approximate surface area is 149 Å². The van der Waals surface area contributed by atoms with Crippen molar-refractivity contribution in [2.75, 3.05) is 23.7 Å². The van der Waals surface area contributed by atoms with Gasteiger partial charge >= 0.3 is 6.03 Å². The third-order valence-electron chi connectivity index (χ3n) is 3.32. The predicted octanol–water partition coefficient (Wildman–Crippen LogP) is 3.85. The molecule has 2 aromatic rings. The average molecular weight is 367 g/mol. The third kappa shape index (κ3) is 5.21. The summed E-state index contributed by atoms with van der Waals surface area (Å²) in [5.74, 6) is 0.0301. The number of aromatic nitrogens is 1. The molecule has 6 nitrogen and oxygen atoms in total. The number of carbonyl (C=O) groups excluding carboxylic acids is 2. The van der Waals surface area contributed by atoms with E-state index in [2.05, 4.69) is 15.6 Å². The van der Waals surface area contributed by atoms with Crippen LogP contribution in [0.15, 0.2) is 29.6 Å². The lowest BCUT2D eigenvalue weighted by Gasteiger charge is -2.17. The second-order valence-electron chi connectivity index (χ2n) is 4.97. The van der Waals surface area contributed by atoms with E-state index in [1.54, 1.807) is 34.5 Å². The Morgan fingerprint density at radius 3 is 2.46 bits per heavy atom. The van der Waals surface area contributed by atoms with E-state index in [0.29, 0.717) is 34.6 Å². The Morgan fingerprint density at radius 1 is 1.17 bits per heavy atom. The van der Waals surface area contributed by atoms with E-state index in [1.165, 1.54) is 11.3 Å². The monoisotopic (exact) mass is 366 g/mol. The van der Waals surface area contributed by atoms with Gasteiger partial charge in [-0.3, -0.25) is 10.1 Å². The Bertz CT molecular complexity index is 698. The predicted molar refractivity (Wildman–Crippen MR) is 97.8 cm³/mol. The number of carbonyl (C=O) groups is 2. The van der Waals surface area contributed by atoms with Gasteiger partial charge in [0.1, 0.15) is 0 Å². The maximum atomic E-state index is 12.1. The first-order valence-corrected chi connectivity index (χ1v) is 8.83. The second-order valence-corrected chi connectivity index (χ2v) is 6.27. The zero-order valence-corrected chi connectivity index (χ0v) is 15.1. The number of likely N-dealkylation sites (N-methyl/N-ethyl adjacent to an activating group) is 1. The van der Waals surface area contributed by atoms with Crippen LogP contribution in [0.25, 0.3) is 0 Å². The van der Waals surface area contributed by atoms with E-state index in [1.807, 2.05) is 13.8 Å². The maximum absolute atomic E-state index is 12.1. The molecule has 3 amide bonds. The molecule has 0 aliphatic rings. The molecule has 0 saturated heterocycles. The van der Waals surface area contributed by atoms with Crippen molar-refractivity contribution in [3.05, 3.63) is 40.4 Å². The molecule has 0 unspecified atom stereocenters. The first-order chi connectivity index (χ1) is 11.5. The summed E-state index contributed by atoms with van der Waals surface area (Å²) in [6.07, 6.45) is 0.235. The number of anilines is 2. The highest BCUT2D eigenvalue weighted by Gasteiger charge is 2.13. The van der Waals surface area contributed by atoms with Crippen molar-refractivity contribution in [1.82, 2.24) is 9.88 Å². The van der Waals surface area contributed by atoms with Crippen molar-refractivity contribution < 1.29 is 9.59 Å². The molecule has 0 bridgehead atoms. The molecule has 128 valence electrons. The molecule has 2 rings (SSSR count). The molecule has 0 saturated carbocycles. The van der Waals surface area contributed by atoms with Gasteiger partial charge in [-0.05, 0) is 38.1 Å². The first kappa shape index (κ1) is 18.2. The van der Waals surface area contributed by atoms with Crippen LogP contribution in [0.1, 0.15) is 19.5 Å². The zero-order valence-electron chi connectivity index (χ0n) is 13.5. The van der Waals surface area contributed by atoms with Crippen molar-refractivity contribution in [3.8, 4) is 0 Å². The van der Waals surface area contributed by atoms with E-state index >= 15 is 0 Å². The maximum Gasteiger partial charge on any atom is 0.325 e. The minimum Gasteiger partial charge on any atom is -0.343 e. The van der Waals surface area contributed by atoms with Crippen LogP contribution in [0.3, 0.4) is 0 Å². The summed E-state index contributed by atoms with van der Waals surface area (Å²) in [7, 11) is 0. The summed E-state index contributed by atoms with van der Waals surface area (Å²) < 4.78 is 0. The summed E-state index contributed by atoms with van der Waals surface area (Å²) in [5.41, 5.74) is 1.28. The van der Waals surface area contributed by atoms with E-state index in [-0.39, 0.29) is 12.3 Å². The van der Waals surface area contributed by atoms with Crippen LogP contribution in [0, 0.1) is 0 Å². The van der Waals surface area contributed by atoms with Crippen LogP contribution in [-0.4, -0.2) is 34.9 Å². The molecule has 24 heavy (non-hydrogen) atoms. The molecule has 1 heterocycles. The summed E-state index contributed by atoms with van der Waals surface area (Å²) in [5, 5.41) is 8.17. The van der Waals surface area contributed by atoms with Gasteiger partial charge in [-0.15, -0.1) is 11.3 Å². The minimum absolute atomic E-state index is 0.0301. The van der Waals surface area contributed by atoms with E-state index < -0.39 is 6.03 Å². The molecule has 1 aromatic carbocycles. The molecular formula is C16H19ClN4O2S. The van der Waals surface area contributed by atoms with E-state index in [9.17, 15) is 9.59 Å². The lowest BCUT2D eigenvalue weighted by molar-refractivity contribution is -0.130. The number of hydrogen-bond donors (Lipinski definition) is 2. The van der Waals surface area contributed by atoms with Crippen LogP contribution in [-0.2, 0) is 11.2 Å². The smallest absolute Gasteiger partial charge is 0.325 e. The number of thiazole rings is 1. The zero-order chi connectivity index (χ0) is 17.5. The van der Waals surface area contributed by atoms with Crippen molar-refractivity contribution in [2.24, 2.45) is 0 Å².